The molecule has 1 aliphatic heterocycles. The maximum absolute atomic E-state index is 13.7. The van der Waals surface area contributed by atoms with Crippen LogP contribution in [0.2, 0.25) is 0 Å². The van der Waals surface area contributed by atoms with Gasteiger partial charge in [0.1, 0.15) is 23.7 Å². The van der Waals surface area contributed by atoms with Gasteiger partial charge in [0.05, 0.1) is 29.0 Å². The van der Waals surface area contributed by atoms with E-state index in [0.29, 0.717) is 35.1 Å². The minimum atomic E-state index is -3.87. The number of nitrogens with zero attached hydrogens (tertiary/aromatic N) is 5. The molecule has 0 unspecified atom stereocenters. The second kappa shape index (κ2) is 12.8. The van der Waals surface area contributed by atoms with Crippen molar-refractivity contribution in [2.75, 3.05) is 27.2 Å². The van der Waals surface area contributed by atoms with Gasteiger partial charge in [-0.15, -0.1) is 0 Å². The number of nitrogens with one attached hydrogen (secondary N) is 1. The average molecular weight is 643 g/mol. The summed E-state index contributed by atoms with van der Waals surface area (Å²) < 4.78 is 41.3. The Balaban J connectivity index is 1.18. The van der Waals surface area contributed by atoms with Crippen molar-refractivity contribution in [2.45, 2.75) is 37.3 Å². The highest BCUT2D eigenvalue weighted by atomic mass is 32.2. The van der Waals surface area contributed by atoms with Gasteiger partial charge in [-0.25, -0.2) is 22.9 Å². The number of aromatic amines is 1. The first-order valence-corrected chi connectivity index (χ1v) is 16.3. The third-order valence-electron chi connectivity index (χ3n) is 8.23. The lowest BCUT2D eigenvalue weighted by Gasteiger charge is -2.35. The van der Waals surface area contributed by atoms with Gasteiger partial charge in [-0.1, -0.05) is 48.5 Å². The van der Waals surface area contributed by atoms with Crippen LogP contribution in [0.4, 0.5) is 4.79 Å². The van der Waals surface area contributed by atoms with E-state index in [1.807, 2.05) is 60.7 Å². The fourth-order valence-corrected chi connectivity index (χ4v) is 7.15. The van der Waals surface area contributed by atoms with Crippen molar-refractivity contribution >= 4 is 27.1 Å². The molecule has 0 aliphatic carbocycles. The van der Waals surface area contributed by atoms with Gasteiger partial charge in [-0.05, 0) is 49.6 Å². The van der Waals surface area contributed by atoms with E-state index in [0.717, 1.165) is 11.3 Å². The predicted octanol–water partition coefficient (Wildman–Crippen LogP) is 4.51. The van der Waals surface area contributed by atoms with Gasteiger partial charge in [-0.2, -0.15) is 9.40 Å². The molecule has 1 fully saturated rings. The minimum absolute atomic E-state index is 0.0543. The lowest BCUT2D eigenvalue weighted by molar-refractivity contribution is 0.0804. The van der Waals surface area contributed by atoms with E-state index in [-0.39, 0.29) is 47.8 Å². The average Bonchev–Trinajstić information content (AvgIpc) is 3.43. The number of rotatable bonds is 8. The van der Waals surface area contributed by atoms with Crippen LogP contribution in [0.1, 0.15) is 24.1 Å². The molecular formula is C33H34N6O6S. The van der Waals surface area contributed by atoms with Crippen LogP contribution in [0, 0.1) is 6.92 Å². The standard InChI is InChI=1S/C33H34N6O6S/c1-22-29-30(39(36-22)25-12-8-5-9-13-25)32(40)35-31(34-29)27-15-14-26(20-28(27)44-3)46(42,43)38-18-16-24(17-19-38)37(2)33(41)45-21-23-10-6-4-7-11-23/h4-15,20,24H,16-19,21H2,1-3H3,(H,34,35,40). The number of piperidine rings is 1. The zero-order valence-electron chi connectivity index (χ0n) is 25.7. The number of ether oxygens (including phenoxy) is 2. The van der Waals surface area contributed by atoms with Gasteiger partial charge >= 0.3 is 6.09 Å². The molecule has 0 saturated carbocycles. The minimum Gasteiger partial charge on any atom is -0.496 e. The zero-order valence-corrected chi connectivity index (χ0v) is 26.5. The Hall–Kier alpha value is -5.01. The summed E-state index contributed by atoms with van der Waals surface area (Å²) in [6.07, 6.45) is 0.483. The molecule has 1 aliphatic rings. The quantitative estimate of drug-likeness (QED) is 0.261. The second-order valence-electron chi connectivity index (χ2n) is 11.1. The summed E-state index contributed by atoms with van der Waals surface area (Å²) >= 11 is 0. The number of aryl methyl sites for hydroxylation is 1. The van der Waals surface area contributed by atoms with E-state index in [1.165, 1.54) is 23.5 Å². The van der Waals surface area contributed by atoms with Crippen LogP contribution in [0.3, 0.4) is 0 Å². The first-order valence-electron chi connectivity index (χ1n) is 14.8. The summed E-state index contributed by atoms with van der Waals surface area (Å²) in [5.74, 6) is 0.476. The van der Waals surface area contributed by atoms with Crippen molar-refractivity contribution < 1.29 is 22.7 Å². The predicted molar refractivity (Wildman–Crippen MR) is 172 cm³/mol. The number of para-hydroxylation sites is 1. The Morgan fingerprint density at radius 1 is 1.02 bits per heavy atom. The van der Waals surface area contributed by atoms with Crippen LogP contribution in [0.5, 0.6) is 5.75 Å². The Labute approximate surface area is 266 Å². The fourth-order valence-electron chi connectivity index (χ4n) is 5.66. The maximum Gasteiger partial charge on any atom is 0.410 e. The Morgan fingerprint density at radius 3 is 2.37 bits per heavy atom. The van der Waals surface area contributed by atoms with Gasteiger partial charge < -0.3 is 19.4 Å². The summed E-state index contributed by atoms with van der Waals surface area (Å²) in [4.78, 5) is 35.0. The van der Waals surface area contributed by atoms with Crippen molar-refractivity contribution in [2.24, 2.45) is 0 Å². The number of amides is 1. The van der Waals surface area contributed by atoms with Gasteiger partial charge in [0.2, 0.25) is 10.0 Å². The molecule has 0 bridgehead atoms. The van der Waals surface area contributed by atoms with Crippen LogP contribution >= 0.6 is 0 Å². The highest BCUT2D eigenvalue weighted by molar-refractivity contribution is 7.89. The molecule has 238 valence electrons. The molecular weight excluding hydrogens is 608 g/mol. The largest absolute Gasteiger partial charge is 0.496 e. The number of carbonyl (C=O) groups excluding carboxylic acids is 1. The first kappa shape index (κ1) is 31.0. The Kier molecular flexibility index (Phi) is 8.61. The molecule has 46 heavy (non-hydrogen) atoms. The number of benzene rings is 3. The summed E-state index contributed by atoms with van der Waals surface area (Å²) in [7, 11) is -0.764. The molecule has 6 rings (SSSR count). The van der Waals surface area contributed by atoms with E-state index >= 15 is 0 Å². The number of hydrogen-bond donors (Lipinski definition) is 1. The molecule has 2 aromatic heterocycles. The topological polar surface area (TPSA) is 140 Å². The monoisotopic (exact) mass is 642 g/mol. The van der Waals surface area contributed by atoms with Crippen LogP contribution in [-0.2, 0) is 21.4 Å². The highest BCUT2D eigenvalue weighted by Gasteiger charge is 2.33. The summed E-state index contributed by atoms with van der Waals surface area (Å²) in [5, 5.41) is 4.53. The SMILES string of the molecule is COc1cc(S(=O)(=O)N2CCC(N(C)C(=O)OCc3ccccc3)CC2)ccc1-c1nc2c(C)nn(-c3ccccc3)c2c(=O)[nH]1. The van der Waals surface area contributed by atoms with Gasteiger partial charge in [0, 0.05) is 32.2 Å². The van der Waals surface area contributed by atoms with E-state index < -0.39 is 16.1 Å². The number of methoxy groups -OCH3 is 1. The molecule has 13 heteroatoms. The number of fused-ring (bicyclic) bond motifs is 1. The van der Waals surface area contributed by atoms with E-state index in [1.54, 1.807) is 29.6 Å². The highest BCUT2D eigenvalue weighted by Crippen LogP contribution is 2.33. The third kappa shape index (κ3) is 5.98. The number of hydrogen-bond acceptors (Lipinski definition) is 8. The van der Waals surface area contributed by atoms with Crippen LogP contribution < -0.4 is 10.3 Å². The molecule has 0 atom stereocenters. The molecule has 3 heterocycles. The van der Waals surface area contributed by atoms with E-state index in [2.05, 4.69) is 10.1 Å². The van der Waals surface area contributed by atoms with Gasteiger partial charge in [0.15, 0.2) is 5.52 Å². The molecule has 1 saturated heterocycles. The molecule has 12 nitrogen and oxygen atoms in total. The smallest absolute Gasteiger partial charge is 0.410 e. The van der Waals surface area contributed by atoms with Gasteiger partial charge in [0.25, 0.3) is 5.56 Å². The molecule has 1 amide bonds. The lowest BCUT2D eigenvalue weighted by Crippen LogP contribution is -2.47. The van der Waals surface area contributed by atoms with Crippen molar-refractivity contribution in [1.29, 1.82) is 0 Å². The van der Waals surface area contributed by atoms with Crippen molar-refractivity contribution in [1.82, 2.24) is 29.0 Å². The molecule has 5 aromatic rings. The van der Waals surface area contributed by atoms with Crippen molar-refractivity contribution in [3.8, 4) is 22.8 Å². The molecule has 0 radical (unpaired) electrons. The normalized spacial score (nSPS) is 14.3. The number of H-pyrrole nitrogens is 1. The number of carbonyl (C=O) groups is 1. The first-order chi connectivity index (χ1) is 22.2. The molecule has 0 spiro atoms. The molecule has 1 N–H and O–H groups in total. The van der Waals surface area contributed by atoms with Crippen molar-refractivity contribution in [3.63, 3.8) is 0 Å². The fraction of sp³-hybridized carbons (Fsp3) is 0.273. The van der Waals surface area contributed by atoms with Crippen LogP contribution in [0.15, 0.2) is 88.6 Å². The maximum atomic E-state index is 13.7. The zero-order chi connectivity index (χ0) is 32.4. The van der Waals surface area contributed by atoms with E-state index in [4.69, 9.17) is 14.5 Å². The van der Waals surface area contributed by atoms with Crippen LogP contribution in [0.25, 0.3) is 28.1 Å². The summed E-state index contributed by atoms with van der Waals surface area (Å²) in [6, 6.07) is 23.1. The molecule has 3 aromatic carbocycles. The number of aromatic nitrogens is 4. The van der Waals surface area contributed by atoms with Crippen molar-refractivity contribution in [3.05, 3.63) is 100 Å². The third-order valence-corrected chi connectivity index (χ3v) is 10.1. The van der Waals surface area contributed by atoms with Crippen LogP contribution in [-0.4, -0.2) is 76.8 Å². The summed E-state index contributed by atoms with van der Waals surface area (Å²) in [5.41, 5.74) is 2.97. The summed E-state index contributed by atoms with van der Waals surface area (Å²) in [6.45, 7) is 2.43. The Morgan fingerprint density at radius 2 is 1.70 bits per heavy atom. The second-order valence-corrected chi connectivity index (χ2v) is 13.0. The van der Waals surface area contributed by atoms with Gasteiger partial charge in [-0.3, -0.25) is 4.79 Å². The van der Waals surface area contributed by atoms with E-state index in [9.17, 15) is 18.0 Å². The lowest BCUT2D eigenvalue weighted by atomic mass is 10.1. The number of sulfonamides is 1. The Bertz CT molecular complexity index is 2040.